The fraction of sp³-hybridized carbons (Fsp3) is 0.407. The maximum atomic E-state index is 5.55. The number of benzene rings is 2. The average Bonchev–Trinajstić information content (AvgIpc) is 2.75. The van der Waals surface area contributed by atoms with Crippen LogP contribution in [0.15, 0.2) is 61.2 Å². The van der Waals surface area contributed by atoms with Gasteiger partial charge in [-0.25, -0.2) is 0 Å². The summed E-state index contributed by atoms with van der Waals surface area (Å²) in [6.45, 7) is 8.88. The van der Waals surface area contributed by atoms with Crippen LogP contribution in [0, 0.1) is 17.8 Å². The first kappa shape index (κ1) is 20.3. The van der Waals surface area contributed by atoms with Gasteiger partial charge in [-0.3, -0.25) is 0 Å². The topological polar surface area (TPSA) is 9.23 Å². The molecule has 1 aliphatic carbocycles. The van der Waals surface area contributed by atoms with Crippen LogP contribution in [0.5, 0.6) is 5.75 Å². The molecular weight excluding hydrogens is 340 g/mol. The van der Waals surface area contributed by atoms with E-state index in [2.05, 4.69) is 73.9 Å². The van der Waals surface area contributed by atoms with Crippen LogP contribution in [-0.2, 0) is 0 Å². The molecule has 1 aliphatic rings. The first-order valence-electron chi connectivity index (χ1n) is 10.7. The number of hydrogen-bond donors (Lipinski definition) is 0. The Balaban J connectivity index is 1.54. The van der Waals surface area contributed by atoms with Crippen LogP contribution in [0.4, 0.5) is 0 Å². The summed E-state index contributed by atoms with van der Waals surface area (Å²) in [6.07, 6.45) is 7.96. The summed E-state index contributed by atoms with van der Waals surface area (Å²) in [6, 6.07) is 17.4. The zero-order valence-corrected chi connectivity index (χ0v) is 17.3. The lowest BCUT2D eigenvalue weighted by Crippen LogP contribution is -2.12. The van der Waals surface area contributed by atoms with Crippen molar-refractivity contribution < 1.29 is 4.74 Å². The zero-order valence-electron chi connectivity index (χ0n) is 17.3. The Morgan fingerprint density at radius 3 is 2.25 bits per heavy atom. The summed E-state index contributed by atoms with van der Waals surface area (Å²) in [4.78, 5) is 0. The number of rotatable bonds is 6. The molecule has 146 valence electrons. The Kier molecular flexibility index (Phi) is 7.38. The average molecular weight is 373 g/mol. The van der Waals surface area contributed by atoms with Gasteiger partial charge in [-0.2, -0.15) is 0 Å². The highest BCUT2D eigenvalue weighted by Gasteiger charge is 2.21. The fourth-order valence-electron chi connectivity index (χ4n) is 4.11. The number of ether oxygens (including phenoxy) is 1. The maximum absolute atomic E-state index is 5.55. The molecule has 1 saturated carbocycles. The molecule has 1 heteroatoms. The molecule has 0 heterocycles. The van der Waals surface area contributed by atoms with E-state index in [1.165, 1.54) is 36.8 Å². The zero-order chi connectivity index (χ0) is 19.8. The predicted molar refractivity (Wildman–Crippen MR) is 119 cm³/mol. The molecule has 2 aromatic carbocycles. The highest BCUT2D eigenvalue weighted by Crippen LogP contribution is 2.36. The predicted octanol–water partition coefficient (Wildman–Crippen LogP) is 7.09. The van der Waals surface area contributed by atoms with Crippen LogP contribution in [0.1, 0.15) is 74.5 Å². The largest absolute Gasteiger partial charge is 0.494 e. The molecule has 0 N–H and O–H groups in total. The molecule has 1 unspecified atom stereocenters. The molecule has 1 fully saturated rings. The van der Waals surface area contributed by atoms with E-state index in [4.69, 9.17) is 4.74 Å². The first-order valence-corrected chi connectivity index (χ1v) is 10.7. The summed E-state index contributed by atoms with van der Waals surface area (Å²) in [5.41, 5.74) is 3.90. The standard InChI is InChI=1S/C27H32O/c1-4-23(5-2)24-13-9-21(10-14-24)7-8-22-11-15-25(16-12-22)26-17-19-27(20-18-26)28-6-3/h4,9-10,13-14,17-20,22-23,25H,1,5-6,11-12,15-16H2,2-3H3. The lowest BCUT2D eigenvalue weighted by Gasteiger charge is -2.26. The van der Waals surface area contributed by atoms with Crippen molar-refractivity contribution in [2.24, 2.45) is 5.92 Å². The molecule has 2 aromatic rings. The van der Waals surface area contributed by atoms with Gasteiger partial charge >= 0.3 is 0 Å². The molecule has 1 nitrogen and oxygen atoms in total. The van der Waals surface area contributed by atoms with Gasteiger partial charge in [0.25, 0.3) is 0 Å². The lowest BCUT2D eigenvalue weighted by atomic mass is 9.79. The molecule has 1 atom stereocenters. The number of hydrogen-bond acceptors (Lipinski definition) is 1. The molecule has 0 amide bonds. The molecule has 0 spiro atoms. The van der Waals surface area contributed by atoms with Crippen LogP contribution < -0.4 is 4.74 Å². The molecule has 0 saturated heterocycles. The van der Waals surface area contributed by atoms with E-state index >= 15 is 0 Å². The summed E-state index contributed by atoms with van der Waals surface area (Å²) in [5.74, 6) is 9.52. The van der Waals surface area contributed by atoms with E-state index in [0.717, 1.165) is 24.3 Å². The lowest BCUT2D eigenvalue weighted by molar-refractivity contribution is 0.339. The van der Waals surface area contributed by atoms with E-state index in [0.29, 0.717) is 17.8 Å². The highest BCUT2D eigenvalue weighted by molar-refractivity contribution is 5.38. The normalized spacial score (nSPS) is 19.9. The van der Waals surface area contributed by atoms with Gasteiger partial charge in [-0.15, -0.1) is 6.58 Å². The van der Waals surface area contributed by atoms with Crippen molar-refractivity contribution in [1.82, 2.24) is 0 Å². The van der Waals surface area contributed by atoms with Gasteiger partial charge in [0, 0.05) is 17.4 Å². The summed E-state index contributed by atoms with van der Waals surface area (Å²) in [7, 11) is 0. The van der Waals surface area contributed by atoms with Crippen LogP contribution in [0.3, 0.4) is 0 Å². The quantitative estimate of drug-likeness (QED) is 0.388. The fourth-order valence-corrected chi connectivity index (χ4v) is 4.11. The summed E-state index contributed by atoms with van der Waals surface area (Å²) in [5, 5.41) is 0. The Morgan fingerprint density at radius 2 is 1.68 bits per heavy atom. The minimum atomic E-state index is 0.444. The molecule has 0 aliphatic heterocycles. The van der Waals surface area contributed by atoms with Crippen molar-refractivity contribution in [3.05, 3.63) is 77.9 Å². The monoisotopic (exact) mass is 372 g/mol. The van der Waals surface area contributed by atoms with Crippen molar-refractivity contribution in [2.45, 2.75) is 57.8 Å². The number of allylic oxidation sites excluding steroid dienone is 1. The van der Waals surface area contributed by atoms with Gasteiger partial charge in [-0.1, -0.05) is 49.1 Å². The minimum absolute atomic E-state index is 0.444. The molecule has 0 radical (unpaired) electrons. The Bertz CT molecular complexity index is 796. The van der Waals surface area contributed by atoms with E-state index in [1.54, 1.807) is 0 Å². The van der Waals surface area contributed by atoms with Crippen LogP contribution in [0.25, 0.3) is 0 Å². The molecule has 3 rings (SSSR count). The van der Waals surface area contributed by atoms with E-state index in [9.17, 15) is 0 Å². The van der Waals surface area contributed by atoms with Gasteiger partial charge in [0.15, 0.2) is 0 Å². The van der Waals surface area contributed by atoms with Gasteiger partial charge < -0.3 is 4.74 Å². The maximum Gasteiger partial charge on any atom is 0.119 e. The second kappa shape index (κ2) is 10.2. The first-order chi connectivity index (χ1) is 13.7. The van der Waals surface area contributed by atoms with Gasteiger partial charge in [0.05, 0.1) is 6.61 Å². The summed E-state index contributed by atoms with van der Waals surface area (Å²) >= 11 is 0. The van der Waals surface area contributed by atoms with Gasteiger partial charge in [0.2, 0.25) is 0 Å². The highest BCUT2D eigenvalue weighted by atomic mass is 16.5. The minimum Gasteiger partial charge on any atom is -0.494 e. The second-order valence-electron chi connectivity index (χ2n) is 7.69. The van der Waals surface area contributed by atoms with Crippen LogP contribution in [0.2, 0.25) is 0 Å². The van der Waals surface area contributed by atoms with E-state index < -0.39 is 0 Å². The van der Waals surface area contributed by atoms with E-state index in [1.807, 2.05) is 13.0 Å². The third-order valence-corrected chi connectivity index (χ3v) is 5.87. The van der Waals surface area contributed by atoms with Crippen molar-refractivity contribution in [3.63, 3.8) is 0 Å². The Hall–Kier alpha value is -2.46. The van der Waals surface area contributed by atoms with Crippen molar-refractivity contribution in [2.75, 3.05) is 6.61 Å². The van der Waals surface area contributed by atoms with Gasteiger partial charge in [-0.05, 0) is 80.3 Å². The van der Waals surface area contributed by atoms with Crippen LogP contribution >= 0.6 is 0 Å². The summed E-state index contributed by atoms with van der Waals surface area (Å²) < 4.78 is 5.55. The van der Waals surface area contributed by atoms with E-state index in [-0.39, 0.29) is 0 Å². The second-order valence-corrected chi connectivity index (χ2v) is 7.69. The molecule has 0 bridgehead atoms. The molecule has 28 heavy (non-hydrogen) atoms. The molecule has 0 aromatic heterocycles. The molecular formula is C27H32O. The van der Waals surface area contributed by atoms with Crippen molar-refractivity contribution in [1.29, 1.82) is 0 Å². The van der Waals surface area contributed by atoms with Crippen LogP contribution in [-0.4, -0.2) is 6.61 Å². The third-order valence-electron chi connectivity index (χ3n) is 5.87. The van der Waals surface area contributed by atoms with Gasteiger partial charge in [0.1, 0.15) is 5.75 Å². The third kappa shape index (κ3) is 5.29. The van der Waals surface area contributed by atoms with Crippen molar-refractivity contribution in [3.8, 4) is 17.6 Å². The van der Waals surface area contributed by atoms with Crippen molar-refractivity contribution >= 4 is 0 Å². The Morgan fingerprint density at radius 1 is 1.00 bits per heavy atom. The smallest absolute Gasteiger partial charge is 0.119 e. The SMILES string of the molecule is C=CC(CC)c1ccc(C#CC2CCC(c3ccc(OCC)cc3)CC2)cc1. The Labute approximate surface area is 170 Å².